The van der Waals surface area contributed by atoms with Gasteiger partial charge in [-0.15, -0.1) is 0 Å². The highest BCUT2D eigenvalue weighted by atomic mass is 16.2. The zero-order valence-corrected chi connectivity index (χ0v) is 17.3. The van der Waals surface area contributed by atoms with E-state index in [0.717, 1.165) is 25.2 Å². The van der Waals surface area contributed by atoms with Gasteiger partial charge in [-0.25, -0.2) is 0 Å². The second kappa shape index (κ2) is 10.6. The number of nitrogens with one attached hydrogen (secondary N) is 1. The summed E-state index contributed by atoms with van der Waals surface area (Å²) in [7, 11) is 0. The summed E-state index contributed by atoms with van der Waals surface area (Å²) >= 11 is 0. The van der Waals surface area contributed by atoms with Gasteiger partial charge in [0.05, 0.1) is 0 Å². The van der Waals surface area contributed by atoms with Crippen LogP contribution in [0.4, 0.5) is 11.4 Å². The maximum Gasteiger partial charge on any atom is 0.223 e. The molecular weight excluding hydrogens is 362 g/mol. The second-order valence-electron chi connectivity index (χ2n) is 7.57. The fraction of sp³-hybridized carbons (Fsp3) is 0.417. The van der Waals surface area contributed by atoms with Gasteiger partial charge < -0.3 is 15.1 Å². The van der Waals surface area contributed by atoms with E-state index >= 15 is 0 Å². The van der Waals surface area contributed by atoms with Crippen molar-refractivity contribution in [1.29, 1.82) is 0 Å². The van der Waals surface area contributed by atoms with Crippen molar-refractivity contribution in [1.82, 2.24) is 5.32 Å². The molecule has 0 unspecified atom stereocenters. The smallest absolute Gasteiger partial charge is 0.223 e. The van der Waals surface area contributed by atoms with E-state index in [1.165, 1.54) is 30.5 Å². The van der Waals surface area contributed by atoms with Gasteiger partial charge in [0.2, 0.25) is 11.8 Å². The summed E-state index contributed by atoms with van der Waals surface area (Å²) < 4.78 is 0. The molecule has 2 amide bonds. The van der Waals surface area contributed by atoms with Gasteiger partial charge in [0, 0.05) is 50.9 Å². The normalized spacial score (nSPS) is 13.8. The number of hydrogen-bond donors (Lipinski definition) is 1. The van der Waals surface area contributed by atoms with Gasteiger partial charge >= 0.3 is 0 Å². The molecule has 1 N–H and O–H groups in total. The van der Waals surface area contributed by atoms with Crippen molar-refractivity contribution in [2.24, 2.45) is 0 Å². The van der Waals surface area contributed by atoms with Crippen molar-refractivity contribution in [3.63, 3.8) is 0 Å². The van der Waals surface area contributed by atoms with E-state index in [2.05, 4.69) is 34.5 Å². The van der Waals surface area contributed by atoms with E-state index in [4.69, 9.17) is 0 Å². The molecule has 0 radical (unpaired) electrons. The lowest BCUT2D eigenvalue weighted by molar-refractivity contribution is -0.121. The Bertz CT molecular complexity index is 784. The van der Waals surface area contributed by atoms with E-state index in [0.29, 0.717) is 19.5 Å². The summed E-state index contributed by atoms with van der Waals surface area (Å²) in [4.78, 5) is 28.4. The van der Waals surface area contributed by atoms with E-state index in [1.54, 1.807) is 11.8 Å². The van der Waals surface area contributed by atoms with Crippen LogP contribution in [-0.2, 0) is 16.0 Å². The highest BCUT2D eigenvalue weighted by molar-refractivity contribution is 5.92. The summed E-state index contributed by atoms with van der Waals surface area (Å²) in [6.45, 7) is 4.73. The SMILES string of the molecule is CC(=O)N(CCC(=O)NCCc1ccccc1)c1ccc(N2CCCCC2)cc1. The molecule has 2 aromatic rings. The molecule has 0 aliphatic carbocycles. The zero-order chi connectivity index (χ0) is 20.5. The average Bonchev–Trinajstić information content (AvgIpc) is 2.75. The van der Waals surface area contributed by atoms with Crippen LogP contribution in [0.1, 0.15) is 38.2 Å². The number of carbonyl (C=O) groups excluding carboxylic acids is 2. The minimum atomic E-state index is -0.0483. The summed E-state index contributed by atoms with van der Waals surface area (Å²) in [5, 5.41) is 2.95. The first-order valence-corrected chi connectivity index (χ1v) is 10.6. The van der Waals surface area contributed by atoms with E-state index < -0.39 is 0 Å². The maximum absolute atomic E-state index is 12.2. The molecule has 1 aliphatic heterocycles. The van der Waals surface area contributed by atoms with Crippen molar-refractivity contribution < 1.29 is 9.59 Å². The van der Waals surface area contributed by atoms with Crippen molar-refractivity contribution in [3.05, 3.63) is 60.2 Å². The third kappa shape index (κ3) is 6.34. The van der Waals surface area contributed by atoms with Crippen LogP contribution >= 0.6 is 0 Å². The zero-order valence-electron chi connectivity index (χ0n) is 17.3. The molecule has 5 nitrogen and oxygen atoms in total. The van der Waals surface area contributed by atoms with Crippen molar-refractivity contribution in [2.75, 3.05) is 36.0 Å². The number of amides is 2. The fourth-order valence-corrected chi connectivity index (χ4v) is 3.76. The number of rotatable bonds is 8. The minimum Gasteiger partial charge on any atom is -0.372 e. The Morgan fingerprint density at radius 1 is 0.966 bits per heavy atom. The van der Waals surface area contributed by atoms with Crippen LogP contribution in [0.25, 0.3) is 0 Å². The lowest BCUT2D eigenvalue weighted by Crippen LogP contribution is -2.34. The summed E-state index contributed by atoms with van der Waals surface area (Å²) in [5.74, 6) is -0.0788. The summed E-state index contributed by atoms with van der Waals surface area (Å²) in [6.07, 6.45) is 4.88. The number of piperidine rings is 1. The Kier molecular flexibility index (Phi) is 7.68. The number of benzene rings is 2. The number of hydrogen-bond acceptors (Lipinski definition) is 3. The topological polar surface area (TPSA) is 52.7 Å². The quantitative estimate of drug-likeness (QED) is 0.743. The molecule has 0 atom stereocenters. The maximum atomic E-state index is 12.2. The van der Waals surface area contributed by atoms with E-state index in [9.17, 15) is 9.59 Å². The summed E-state index contributed by atoms with van der Waals surface area (Å²) in [5.41, 5.74) is 3.25. The molecule has 1 saturated heterocycles. The van der Waals surface area contributed by atoms with Crippen LogP contribution in [0.3, 0.4) is 0 Å². The third-order valence-corrected chi connectivity index (χ3v) is 5.40. The first-order valence-electron chi connectivity index (χ1n) is 10.6. The van der Waals surface area contributed by atoms with Gasteiger partial charge in [0.1, 0.15) is 0 Å². The van der Waals surface area contributed by atoms with Crippen LogP contribution in [-0.4, -0.2) is 38.0 Å². The van der Waals surface area contributed by atoms with Gasteiger partial charge in [-0.2, -0.15) is 0 Å². The molecule has 0 spiro atoms. The van der Waals surface area contributed by atoms with Gasteiger partial charge in [-0.05, 0) is 55.5 Å². The largest absolute Gasteiger partial charge is 0.372 e. The van der Waals surface area contributed by atoms with Gasteiger partial charge in [-0.3, -0.25) is 9.59 Å². The number of carbonyl (C=O) groups is 2. The lowest BCUT2D eigenvalue weighted by atomic mass is 10.1. The van der Waals surface area contributed by atoms with Gasteiger partial charge in [0.25, 0.3) is 0 Å². The molecule has 5 heteroatoms. The highest BCUT2D eigenvalue weighted by Crippen LogP contribution is 2.24. The number of anilines is 2. The predicted molar refractivity (Wildman–Crippen MR) is 118 cm³/mol. The third-order valence-electron chi connectivity index (χ3n) is 5.40. The Morgan fingerprint density at radius 2 is 1.66 bits per heavy atom. The Balaban J connectivity index is 1.49. The van der Waals surface area contributed by atoms with Crippen LogP contribution < -0.4 is 15.1 Å². The van der Waals surface area contributed by atoms with Gasteiger partial charge in [-0.1, -0.05) is 30.3 Å². The Morgan fingerprint density at radius 3 is 2.31 bits per heavy atom. The molecule has 2 aromatic carbocycles. The Hall–Kier alpha value is -2.82. The van der Waals surface area contributed by atoms with Crippen LogP contribution in [0.15, 0.2) is 54.6 Å². The van der Waals surface area contributed by atoms with Crippen LogP contribution in [0, 0.1) is 0 Å². The van der Waals surface area contributed by atoms with Crippen LogP contribution in [0.5, 0.6) is 0 Å². The minimum absolute atomic E-state index is 0.0304. The van der Waals surface area contributed by atoms with Crippen molar-refractivity contribution in [2.45, 2.75) is 39.0 Å². The highest BCUT2D eigenvalue weighted by Gasteiger charge is 2.15. The Labute approximate surface area is 173 Å². The monoisotopic (exact) mass is 393 g/mol. The van der Waals surface area contributed by atoms with Crippen molar-refractivity contribution in [3.8, 4) is 0 Å². The second-order valence-corrected chi connectivity index (χ2v) is 7.57. The molecule has 0 bridgehead atoms. The van der Waals surface area contributed by atoms with Gasteiger partial charge in [0.15, 0.2) is 0 Å². The van der Waals surface area contributed by atoms with E-state index in [-0.39, 0.29) is 11.8 Å². The predicted octanol–water partition coefficient (Wildman–Crippen LogP) is 3.78. The molecule has 1 fully saturated rings. The van der Waals surface area contributed by atoms with Crippen molar-refractivity contribution >= 4 is 23.2 Å². The van der Waals surface area contributed by atoms with Crippen LogP contribution in [0.2, 0.25) is 0 Å². The molecule has 1 aliphatic rings. The average molecular weight is 394 g/mol. The first-order chi connectivity index (χ1) is 14.1. The molecule has 154 valence electrons. The molecular formula is C24H31N3O2. The molecule has 0 saturated carbocycles. The molecule has 0 aromatic heterocycles. The van der Waals surface area contributed by atoms with E-state index in [1.807, 2.05) is 30.3 Å². The molecule has 29 heavy (non-hydrogen) atoms. The lowest BCUT2D eigenvalue weighted by Gasteiger charge is -2.29. The fourth-order valence-electron chi connectivity index (χ4n) is 3.76. The summed E-state index contributed by atoms with van der Waals surface area (Å²) in [6, 6.07) is 18.2. The molecule has 3 rings (SSSR count). The standard InChI is InChI=1S/C24H31N3O2/c1-20(28)27(19-15-24(29)25-16-14-21-8-4-2-5-9-21)23-12-10-22(11-13-23)26-17-6-3-7-18-26/h2,4-5,8-13H,3,6-7,14-19H2,1H3,(H,25,29). The number of nitrogens with zero attached hydrogens (tertiary/aromatic N) is 2. The first kappa shape index (κ1) is 20.9. The molecule has 1 heterocycles.